The van der Waals surface area contributed by atoms with E-state index in [2.05, 4.69) is 30.4 Å². The van der Waals surface area contributed by atoms with Crippen LogP contribution in [0.15, 0.2) is 61.6 Å². The maximum Gasteiger partial charge on any atom is 0.165 e. The van der Waals surface area contributed by atoms with Crippen molar-refractivity contribution in [3.8, 4) is 11.1 Å². The molecule has 23 heavy (non-hydrogen) atoms. The van der Waals surface area contributed by atoms with Crippen LogP contribution in [0.4, 0.5) is 5.82 Å². The summed E-state index contributed by atoms with van der Waals surface area (Å²) in [5.41, 5.74) is 3.50. The molecule has 0 atom stereocenters. The van der Waals surface area contributed by atoms with E-state index < -0.39 is 0 Å². The van der Waals surface area contributed by atoms with Crippen molar-refractivity contribution in [1.29, 1.82) is 0 Å². The summed E-state index contributed by atoms with van der Waals surface area (Å²) in [4.78, 5) is 16.8. The molecule has 0 unspecified atom stereocenters. The van der Waals surface area contributed by atoms with Crippen molar-refractivity contribution >= 4 is 11.5 Å². The fourth-order valence-corrected chi connectivity index (χ4v) is 2.35. The largest absolute Gasteiger partial charge is 0.364 e. The maximum absolute atomic E-state index is 4.42. The molecule has 7 heteroatoms. The first kappa shape index (κ1) is 13.3. The predicted octanol–water partition coefficient (Wildman–Crippen LogP) is 2.19. The minimum absolute atomic E-state index is 0.615. The predicted molar refractivity (Wildman–Crippen MR) is 85.6 cm³/mol. The first-order valence-electron chi connectivity index (χ1n) is 7.14. The summed E-state index contributed by atoms with van der Waals surface area (Å²) in [5, 5.41) is 7.76. The van der Waals surface area contributed by atoms with E-state index in [1.165, 1.54) is 6.33 Å². The van der Waals surface area contributed by atoms with Gasteiger partial charge in [-0.05, 0) is 18.2 Å². The monoisotopic (exact) mass is 303 g/mol. The summed E-state index contributed by atoms with van der Waals surface area (Å²) in [6.45, 7) is 0.615. The Labute approximate surface area is 132 Å². The van der Waals surface area contributed by atoms with E-state index in [-0.39, 0.29) is 0 Å². The van der Waals surface area contributed by atoms with E-state index in [0.717, 1.165) is 28.3 Å². The van der Waals surface area contributed by atoms with Crippen LogP contribution >= 0.6 is 0 Å². The quantitative estimate of drug-likeness (QED) is 0.622. The number of nitrogens with zero attached hydrogens (tertiary/aromatic N) is 6. The van der Waals surface area contributed by atoms with Crippen molar-refractivity contribution in [3.63, 3.8) is 0 Å². The molecule has 0 radical (unpaired) electrons. The molecule has 0 fully saturated rings. The van der Waals surface area contributed by atoms with Crippen molar-refractivity contribution in [1.82, 2.24) is 29.5 Å². The second-order valence-corrected chi connectivity index (χ2v) is 4.93. The van der Waals surface area contributed by atoms with Crippen molar-refractivity contribution < 1.29 is 0 Å². The second kappa shape index (κ2) is 5.80. The number of hydrogen-bond acceptors (Lipinski definition) is 6. The standard InChI is InChI=1S/C16H13N7/c1-2-5-19-13(3-1)9-21-15-4-6-20-16-14(10-22-23(15)16)12-7-17-11-18-8-12/h1-8,10-11,21H,9H2. The van der Waals surface area contributed by atoms with Crippen LogP contribution in [-0.2, 0) is 6.54 Å². The van der Waals surface area contributed by atoms with Crippen LogP contribution in [0.25, 0.3) is 16.8 Å². The molecular formula is C16H13N7. The Morgan fingerprint density at radius 3 is 2.70 bits per heavy atom. The highest BCUT2D eigenvalue weighted by Gasteiger charge is 2.10. The van der Waals surface area contributed by atoms with Gasteiger partial charge in [-0.25, -0.2) is 15.0 Å². The van der Waals surface area contributed by atoms with E-state index in [4.69, 9.17) is 0 Å². The van der Waals surface area contributed by atoms with Gasteiger partial charge in [-0.3, -0.25) is 4.98 Å². The number of pyridine rings is 1. The number of nitrogens with one attached hydrogen (secondary N) is 1. The third-order valence-electron chi connectivity index (χ3n) is 3.45. The summed E-state index contributed by atoms with van der Waals surface area (Å²) in [5.74, 6) is 0.851. The molecule has 0 aromatic carbocycles. The topological polar surface area (TPSA) is 80.9 Å². The smallest absolute Gasteiger partial charge is 0.165 e. The average Bonchev–Trinajstić information content (AvgIpc) is 3.06. The molecule has 1 N–H and O–H groups in total. The van der Waals surface area contributed by atoms with Gasteiger partial charge in [0.1, 0.15) is 12.1 Å². The number of fused-ring (bicyclic) bond motifs is 1. The van der Waals surface area contributed by atoms with Crippen LogP contribution < -0.4 is 5.32 Å². The van der Waals surface area contributed by atoms with E-state index in [1.54, 1.807) is 35.5 Å². The minimum Gasteiger partial charge on any atom is -0.364 e. The average molecular weight is 303 g/mol. The Hall–Kier alpha value is -3.35. The Morgan fingerprint density at radius 1 is 0.957 bits per heavy atom. The molecule has 0 saturated heterocycles. The SMILES string of the molecule is c1ccc(CNc2ccnc3c(-c4cncnc4)cnn23)nc1. The lowest BCUT2D eigenvalue weighted by Crippen LogP contribution is -2.06. The third-order valence-corrected chi connectivity index (χ3v) is 3.45. The Bertz CT molecular complexity index is 919. The van der Waals surface area contributed by atoms with Gasteiger partial charge in [-0.15, -0.1) is 0 Å². The van der Waals surface area contributed by atoms with Crippen LogP contribution in [0.3, 0.4) is 0 Å². The number of rotatable bonds is 4. The third kappa shape index (κ3) is 2.59. The molecule has 7 nitrogen and oxygen atoms in total. The zero-order chi connectivity index (χ0) is 15.5. The lowest BCUT2D eigenvalue weighted by Gasteiger charge is -2.07. The first-order chi connectivity index (χ1) is 11.4. The maximum atomic E-state index is 4.42. The fourth-order valence-electron chi connectivity index (χ4n) is 2.35. The Balaban J connectivity index is 1.68. The molecule has 4 rings (SSSR count). The highest BCUT2D eigenvalue weighted by molar-refractivity contribution is 5.76. The molecule has 0 aliphatic rings. The summed E-state index contributed by atoms with van der Waals surface area (Å²) in [6.07, 6.45) is 10.3. The lowest BCUT2D eigenvalue weighted by molar-refractivity contribution is 0.917. The first-order valence-corrected chi connectivity index (χ1v) is 7.14. The molecule has 4 aromatic rings. The van der Waals surface area contributed by atoms with Crippen LogP contribution in [0.2, 0.25) is 0 Å². The summed E-state index contributed by atoms with van der Waals surface area (Å²) < 4.78 is 1.77. The molecule has 4 heterocycles. The molecule has 0 amide bonds. The van der Waals surface area contributed by atoms with Crippen LogP contribution in [-0.4, -0.2) is 29.5 Å². The van der Waals surface area contributed by atoms with Gasteiger partial charge in [0, 0.05) is 35.9 Å². The van der Waals surface area contributed by atoms with Gasteiger partial charge in [-0.2, -0.15) is 9.61 Å². The van der Waals surface area contributed by atoms with Gasteiger partial charge in [0.15, 0.2) is 5.65 Å². The molecule has 0 spiro atoms. The van der Waals surface area contributed by atoms with Crippen molar-refractivity contribution in [3.05, 3.63) is 67.3 Å². The molecule has 4 aromatic heterocycles. The highest BCUT2D eigenvalue weighted by atomic mass is 15.3. The van der Waals surface area contributed by atoms with Gasteiger partial charge >= 0.3 is 0 Å². The van der Waals surface area contributed by atoms with Gasteiger partial charge in [-0.1, -0.05) is 6.07 Å². The summed E-state index contributed by atoms with van der Waals surface area (Å²) in [7, 11) is 0. The van der Waals surface area contributed by atoms with E-state index in [0.29, 0.717) is 6.54 Å². The lowest BCUT2D eigenvalue weighted by atomic mass is 10.2. The highest BCUT2D eigenvalue weighted by Crippen LogP contribution is 2.23. The van der Waals surface area contributed by atoms with Gasteiger partial charge < -0.3 is 5.32 Å². The van der Waals surface area contributed by atoms with Gasteiger partial charge in [0.25, 0.3) is 0 Å². The molecule has 112 valence electrons. The fraction of sp³-hybridized carbons (Fsp3) is 0.0625. The van der Waals surface area contributed by atoms with E-state index in [1.807, 2.05) is 24.3 Å². The Kier molecular flexibility index (Phi) is 3.36. The van der Waals surface area contributed by atoms with Crippen LogP contribution in [0.5, 0.6) is 0 Å². The number of aromatic nitrogens is 6. The van der Waals surface area contributed by atoms with Crippen LogP contribution in [0.1, 0.15) is 5.69 Å². The zero-order valence-corrected chi connectivity index (χ0v) is 12.2. The van der Waals surface area contributed by atoms with Crippen LogP contribution in [0, 0.1) is 0 Å². The molecule has 0 saturated carbocycles. The molecular weight excluding hydrogens is 290 g/mol. The molecule has 0 aliphatic heterocycles. The summed E-state index contributed by atoms with van der Waals surface area (Å²) in [6, 6.07) is 7.72. The zero-order valence-electron chi connectivity index (χ0n) is 12.2. The number of anilines is 1. The second-order valence-electron chi connectivity index (χ2n) is 4.93. The molecule has 0 bridgehead atoms. The van der Waals surface area contributed by atoms with E-state index in [9.17, 15) is 0 Å². The van der Waals surface area contributed by atoms with Gasteiger partial charge in [0.2, 0.25) is 0 Å². The molecule has 0 aliphatic carbocycles. The van der Waals surface area contributed by atoms with E-state index >= 15 is 0 Å². The van der Waals surface area contributed by atoms with Crippen molar-refractivity contribution in [2.24, 2.45) is 0 Å². The van der Waals surface area contributed by atoms with Gasteiger partial charge in [0.05, 0.1) is 18.4 Å². The number of hydrogen-bond donors (Lipinski definition) is 1. The minimum atomic E-state index is 0.615. The Morgan fingerprint density at radius 2 is 1.87 bits per heavy atom. The summed E-state index contributed by atoms with van der Waals surface area (Å²) >= 11 is 0. The normalized spacial score (nSPS) is 10.8. The van der Waals surface area contributed by atoms with Crippen molar-refractivity contribution in [2.45, 2.75) is 6.54 Å². The van der Waals surface area contributed by atoms with Crippen molar-refractivity contribution in [2.75, 3.05) is 5.32 Å².